The second-order valence-corrected chi connectivity index (χ2v) is 6.55. The number of ketones is 1. The number of hydrogen-bond acceptors (Lipinski definition) is 6. The number of rotatable bonds is 9. The monoisotopic (exact) mass is 399 g/mol. The van der Waals surface area contributed by atoms with E-state index in [2.05, 4.69) is 0 Å². The molecule has 0 atom stereocenters. The largest absolute Gasteiger partial charge is 0.493 e. The number of methoxy groups -OCH3 is 1. The molecule has 0 N–H and O–H groups in total. The highest BCUT2D eigenvalue weighted by Crippen LogP contribution is 2.28. The van der Waals surface area contributed by atoms with Gasteiger partial charge in [-0.25, -0.2) is 4.79 Å². The Balaban J connectivity index is 1.83. The van der Waals surface area contributed by atoms with Crippen molar-refractivity contribution in [3.63, 3.8) is 0 Å². The average molecular weight is 399 g/mol. The van der Waals surface area contributed by atoms with E-state index in [-0.39, 0.29) is 24.9 Å². The van der Waals surface area contributed by atoms with Crippen molar-refractivity contribution in [3.05, 3.63) is 59.2 Å². The molecule has 0 aliphatic rings. The first-order valence-electron chi connectivity index (χ1n) is 9.07. The number of hydrogen-bond donors (Lipinski definition) is 0. The lowest BCUT2D eigenvalue weighted by Gasteiger charge is -2.18. The number of carbonyl (C=O) groups is 3. The highest BCUT2D eigenvalue weighted by atomic mass is 16.6. The van der Waals surface area contributed by atoms with E-state index in [4.69, 9.17) is 14.2 Å². The molecule has 2 rings (SSSR count). The third-order valence-electron chi connectivity index (χ3n) is 4.37. The van der Waals surface area contributed by atoms with E-state index in [0.717, 1.165) is 11.1 Å². The van der Waals surface area contributed by atoms with Crippen LogP contribution in [0.2, 0.25) is 0 Å². The van der Waals surface area contributed by atoms with Gasteiger partial charge in [-0.2, -0.15) is 0 Å². The summed E-state index contributed by atoms with van der Waals surface area (Å²) >= 11 is 0. The van der Waals surface area contributed by atoms with Crippen molar-refractivity contribution in [1.82, 2.24) is 4.90 Å². The lowest BCUT2D eigenvalue weighted by atomic mass is 10.1. The van der Waals surface area contributed by atoms with Crippen molar-refractivity contribution in [3.8, 4) is 11.5 Å². The zero-order valence-corrected chi connectivity index (χ0v) is 17.1. The van der Waals surface area contributed by atoms with Gasteiger partial charge < -0.3 is 19.1 Å². The van der Waals surface area contributed by atoms with E-state index in [1.807, 2.05) is 31.2 Å². The van der Waals surface area contributed by atoms with Gasteiger partial charge >= 0.3 is 5.97 Å². The van der Waals surface area contributed by atoms with Crippen molar-refractivity contribution < 1.29 is 28.6 Å². The van der Waals surface area contributed by atoms with Crippen molar-refractivity contribution in [2.45, 2.75) is 20.4 Å². The van der Waals surface area contributed by atoms with Crippen molar-refractivity contribution >= 4 is 17.7 Å². The molecule has 2 aromatic carbocycles. The number of ether oxygens (including phenoxy) is 3. The Bertz CT molecular complexity index is 893. The molecule has 0 bridgehead atoms. The molecule has 0 aliphatic heterocycles. The van der Waals surface area contributed by atoms with Gasteiger partial charge in [0.2, 0.25) is 0 Å². The Kier molecular flexibility index (Phi) is 7.77. The number of Topliss-reactive ketones (excluding diaryl/α,β-unsaturated/α-hetero) is 1. The fourth-order valence-corrected chi connectivity index (χ4v) is 2.57. The zero-order valence-electron chi connectivity index (χ0n) is 17.1. The van der Waals surface area contributed by atoms with E-state index >= 15 is 0 Å². The van der Waals surface area contributed by atoms with Gasteiger partial charge in [-0.05, 0) is 43.2 Å². The number of aryl methyl sites for hydroxylation is 1. The average Bonchev–Trinajstić information content (AvgIpc) is 2.71. The molecule has 0 heterocycles. The molecule has 154 valence electrons. The fourth-order valence-electron chi connectivity index (χ4n) is 2.57. The number of carbonyl (C=O) groups excluding carboxylic acids is 3. The van der Waals surface area contributed by atoms with Crippen LogP contribution in [-0.2, 0) is 20.9 Å². The van der Waals surface area contributed by atoms with Crippen LogP contribution in [0.15, 0.2) is 42.5 Å². The van der Waals surface area contributed by atoms with Crippen molar-refractivity contribution in [2.24, 2.45) is 0 Å². The second-order valence-electron chi connectivity index (χ2n) is 6.55. The SMILES string of the molecule is COc1cc(C(C)=O)ccc1OCC(=O)OCC(=O)N(C)Cc1ccccc1C. The summed E-state index contributed by atoms with van der Waals surface area (Å²) in [4.78, 5) is 37.0. The summed E-state index contributed by atoms with van der Waals surface area (Å²) in [5.74, 6) is -0.468. The molecule has 0 aliphatic carbocycles. The smallest absolute Gasteiger partial charge is 0.344 e. The molecule has 0 saturated carbocycles. The van der Waals surface area contributed by atoms with Crippen molar-refractivity contribution in [1.29, 1.82) is 0 Å². The summed E-state index contributed by atoms with van der Waals surface area (Å²) < 4.78 is 15.6. The van der Waals surface area contributed by atoms with Gasteiger partial charge in [-0.3, -0.25) is 9.59 Å². The van der Waals surface area contributed by atoms with Gasteiger partial charge in [-0.1, -0.05) is 24.3 Å². The van der Waals surface area contributed by atoms with Crippen LogP contribution in [0, 0.1) is 6.92 Å². The summed E-state index contributed by atoms with van der Waals surface area (Å²) in [5, 5.41) is 0. The Hall–Kier alpha value is -3.35. The summed E-state index contributed by atoms with van der Waals surface area (Å²) in [6, 6.07) is 12.4. The number of esters is 1. The highest BCUT2D eigenvalue weighted by molar-refractivity contribution is 5.94. The summed E-state index contributed by atoms with van der Waals surface area (Å²) in [5.41, 5.74) is 2.58. The van der Waals surface area contributed by atoms with Crippen LogP contribution >= 0.6 is 0 Å². The Morgan fingerprint density at radius 2 is 1.72 bits per heavy atom. The van der Waals surface area contributed by atoms with Crippen LogP contribution < -0.4 is 9.47 Å². The Morgan fingerprint density at radius 1 is 1.00 bits per heavy atom. The summed E-state index contributed by atoms with van der Waals surface area (Å²) in [7, 11) is 3.09. The van der Waals surface area contributed by atoms with Gasteiger partial charge in [0.1, 0.15) is 0 Å². The fraction of sp³-hybridized carbons (Fsp3) is 0.318. The molecule has 29 heavy (non-hydrogen) atoms. The Morgan fingerprint density at radius 3 is 2.38 bits per heavy atom. The lowest BCUT2D eigenvalue weighted by molar-refractivity contribution is -0.153. The van der Waals surface area contributed by atoms with Crippen LogP contribution in [0.1, 0.15) is 28.4 Å². The molecular weight excluding hydrogens is 374 g/mol. The second kappa shape index (κ2) is 10.3. The molecule has 0 unspecified atom stereocenters. The number of amides is 1. The minimum Gasteiger partial charge on any atom is -0.493 e. The maximum Gasteiger partial charge on any atom is 0.344 e. The molecule has 0 saturated heterocycles. The third-order valence-corrected chi connectivity index (χ3v) is 4.37. The number of benzene rings is 2. The van der Waals surface area contributed by atoms with Crippen LogP contribution in [0.4, 0.5) is 0 Å². The van der Waals surface area contributed by atoms with Crippen LogP contribution in [0.3, 0.4) is 0 Å². The van der Waals surface area contributed by atoms with Gasteiger partial charge in [-0.15, -0.1) is 0 Å². The molecule has 2 aromatic rings. The minimum absolute atomic E-state index is 0.109. The minimum atomic E-state index is -0.680. The highest BCUT2D eigenvalue weighted by Gasteiger charge is 2.15. The van der Waals surface area contributed by atoms with Gasteiger partial charge in [0.25, 0.3) is 5.91 Å². The zero-order chi connectivity index (χ0) is 21.4. The van der Waals surface area contributed by atoms with Crippen LogP contribution in [0.5, 0.6) is 11.5 Å². The normalized spacial score (nSPS) is 10.2. The summed E-state index contributed by atoms with van der Waals surface area (Å²) in [6.07, 6.45) is 0. The third kappa shape index (κ3) is 6.34. The standard InChI is InChI=1S/C22H25NO6/c1-15-7-5-6-8-18(15)12-23(3)21(25)13-29-22(26)14-28-19-10-9-17(16(2)24)11-20(19)27-4/h5-11H,12-14H2,1-4H3. The topological polar surface area (TPSA) is 82.1 Å². The predicted octanol–water partition coefficient (Wildman–Crippen LogP) is 2.79. The molecule has 1 amide bonds. The van der Waals surface area contributed by atoms with E-state index in [1.54, 1.807) is 19.2 Å². The maximum absolute atomic E-state index is 12.2. The van der Waals surface area contributed by atoms with Crippen LogP contribution in [0.25, 0.3) is 0 Å². The molecule has 7 nitrogen and oxygen atoms in total. The number of nitrogens with zero attached hydrogens (tertiary/aromatic N) is 1. The summed E-state index contributed by atoms with van der Waals surface area (Å²) in [6.45, 7) is 3.09. The van der Waals surface area contributed by atoms with Gasteiger partial charge in [0.15, 0.2) is 30.5 Å². The van der Waals surface area contributed by atoms with Crippen molar-refractivity contribution in [2.75, 3.05) is 27.4 Å². The molecule has 0 aromatic heterocycles. The maximum atomic E-state index is 12.2. The van der Waals surface area contributed by atoms with E-state index in [9.17, 15) is 14.4 Å². The van der Waals surface area contributed by atoms with Gasteiger partial charge in [0.05, 0.1) is 7.11 Å². The quantitative estimate of drug-likeness (QED) is 0.476. The molecule has 0 radical (unpaired) electrons. The molecule has 0 spiro atoms. The molecular formula is C22H25NO6. The van der Waals surface area contributed by atoms with E-state index in [0.29, 0.717) is 23.6 Å². The molecule has 0 fully saturated rings. The number of likely N-dealkylation sites (N-methyl/N-ethyl adjacent to an activating group) is 1. The van der Waals surface area contributed by atoms with Crippen LogP contribution in [-0.4, -0.2) is 49.9 Å². The Labute approximate surface area is 170 Å². The first kappa shape index (κ1) is 21.9. The lowest BCUT2D eigenvalue weighted by Crippen LogP contribution is -2.31. The first-order valence-corrected chi connectivity index (χ1v) is 9.07. The predicted molar refractivity (Wildman–Crippen MR) is 107 cm³/mol. The first-order chi connectivity index (χ1) is 13.8. The van der Waals surface area contributed by atoms with E-state index in [1.165, 1.54) is 25.0 Å². The van der Waals surface area contributed by atoms with E-state index < -0.39 is 5.97 Å². The van der Waals surface area contributed by atoms with Gasteiger partial charge in [0, 0.05) is 19.2 Å². The molecule has 7 heteroatoms.